The Bertz CT molecular complexity index is 350. The minimum Gasteiger partial charge on any atom is -0.463 e. The summed E-state index contributed by atoms with van der Waals surface area (Å²) in [6, 6.07) is 8.27. The predicted octanol–water partition coefficient (Wildman–Crippen LogP) is 4.14. The van der Waals surface area contributed by atoms with Gasteiger partial charge in [0.15, 0.2) is 0 Å². The number of methoxy groups -OCH3 is 1. The fraction of sp³-hybridized carbons (Fsp3) is 0.600. The van der Waals surface area contributed by atoms with Gasteiger partial charge in [0.25, 0.3) is 0 Å². The first-order valence-electron chi connectivity index (χ1n) is 6.15. The average molecular weight is 236 g/mol. The first-order chi connectivity index (χ1) is 7.80. The summed E-state index contributed by atoms with van der Waals surface area (Å²) in [6.45, 7) is 10.5. The largest absolute Gasteiger partial charge is 0.463 e. The lowest BCUT2D eigenvalue weighted by atomic mass is 9.82. The molecular formula is C15H24O2. The first kappa shape index (κ1) is 14.0. The van der Waals surface area contributed by atoms with Crippen molar-refractivity contribution in [3.8, 4) is 5.75 Å². The summed E-state index contributed by atoms with van der Waals surface area (Å²) in [6.07, 6.45) is 1.12. The molecule has 0 saturated carbocycles. The Morgan fingerprint density at radius 1 is 1.00 bits per heavy atom. The van der Waals surface area contributed by atoms with Gasteiger partial charge in [0.05, 0.1) is 0 Å². The number of hydrogen-bond donors (Lipinski definition) is 0. The number of ether oxygens (including phenoxy) is 2. The summed E-state index contributed by atoms with van der Waals surface area (Å²) in [5.74, 6) is 0.259. The molecule has 0 spiro atoms. The lowest BCUT2D eigenvalue weighted by Gasteiger charge is -2.26. The quantitative estimate of drug-likeness (QED) is 0.715. The van der Waals surface area contributed by atoms with Crippen molar-refractivity contribution in [2.24, 2.45) is 0 Å². The Hall–Kier alpha value is -1.02. The van der Waals surface area contributed by atoms with Gasteiger partial charge in [0.1, 0.15) is 5.75 Å². The normalized spacial score (nSPS) is 12.6. The highest BCUT2D eigenvalue weighted by atomic mass is 16.7. The van der Waals surface area contributed by atoms with Crippen molar-refractivity contribution in [2.75, 3.05) is 7.11 Å². The third-order valence-electron chi connectivity index (χ3n) is 3.37. The lowest BCUT2D eigenvalue weighted by molar-refractivity contribution is -0.134. The highest BCUT2D eigenvalue weighted by Crippen LogP contribution is 2.29. The van der Waals surface area contributed by atoms with E-state index in [1.165, 1.54) is 5.56 Å². The van der Waals surface area contributed by atoms with E-state index in [-0.39, 0.29) is 5.41 Å². The monoisotopic (exact) mass is 236 g/mol. The van der Waals surface area contributed by atoms with E-state index in [4.69, 9.17) is 9.47 Å². The summed E-state index contributed by atoms with van der Waals surface area (Å²) in [4.78, 5) is 0. The zero-order valence-electron chi connectivity index (χ0n) is 11.8. The maximum absolute atomic E-state index is 5.73. The Morgan fingerprint density at radius 3 is 1.94 bits per heavy atom. The Kier molecular flexibility index (Phi) is 4.21. The molecule has 2 heteroatoms. The molecular weight excluding hydrogens is 212 g/mol. The van der Waals surface area contributed by atoms with Crippen LogP contribution in [0.3, 0.4) is 0 Å². The summed E-state index contributed by atoms with van der Waals surface area (Å²) in [7, 11) is 1.65. The lowest BCUT2D eigenvalue weighted by Crippen LogP contribution is -2.30. The molecule has 1 rings (SSSR count). The van der Waals surface area contributed by atoms with Crippen LogP contribution in [0.5, 0.6) is 5.75 Å². The Labute approximate surface area is 105 Å². The van der Waals surface area contributed by atoms with E-state index < -0.39 is 5.79 Å². The third kappa shape index (κ3) is 3.74. The molecule has 0 fully saturated rings. The second-order valence-electron chi connectivity index (χ2n) is 5.47. The molecule has 2 nitrogen and oxygen atoms in total. The number of hydrogen-bond acceptors (Lipinski definition) is 2. The molecule has 0 unspecified atom stereocenters. The van der Waals surface area contributed by atoms with Crippen LogP contribution in [0, 0.1) is 0 Å². The van der Waals surface area contributed by atoms with Crippen LogP contribution in [0.15, 0.2) is 24.3 Å². The fourth-order valence-electron chi connectivity index (χ4n) is 1.50. The van der Waals surface area contributed by atoms with Gasteiger partial charge in [-0.3, -0.25) is 0 Å². The molecule has 0 aromatic heterocycles. The van der Waals surface area contributed by atoms with Gasteiger partial charge < -0.3 is 9.47 Å². The highest BCUT2D eigenvalue weighted by molar-refractivity contribution is 5.31. The van der Waals surface area contributed by atoms with Crippen molar-refractivity contribution in [1.82, 2.24) is 0 Å². The molecule has 0 bridgehead atoms. The zero-order chi connectivity index (χ0) is 13.1. The smallest absolute Gasteiger partial charge is 0.204 e. The molecule has 0 aliphatic heterocycles. The van der Waals surface area contributed by atoms with Crippen LogP contribution < -0.4 is 4.74 Å². The minimum absolute atomic E-state index is 0.218. The van der Waals surface area contributed by atoms with Crippen molar-refractivity contribution in [1.29, 1.82) is 0 Å². The van der Waals surface area contributed by atoms with Crippen LogP contribution in [0.4, 0.5) is 0 Å². The van der Waals surface area contributed by atoms with E-state index in [1.807, 2.05) is 26.0 Å². The third-order valence-corrected chi connectivity index (χ3v) is 3.37. The fourth-order valence-corrected chi connectivity index (χ4v) is 1.50. The van der Waals surface area contributed by atoms with Gasteiger partial charge in [-0.15, -0.1) is 0 Å². The SMILES string of the molecule is CCC(C)(C)c1ccc(OC(C)(C)OC)cc1. The molecule has 0 aliphatic rings. The molecule has 1 aromatic rings. The number of rotatable bonds is 5. The van der Waals surface area contributed by atoms with Gasteiger partial charge in [-0.1, -0.05) is 32.9 Å². The van der Waals surface area contributed by atoms with Gasteiger partial charge >= 0.3 is 0 Å². The van der Waals surface area contributed by atoms with Crippen LogP contribution in [0.1, 0.15) is 46.6 Å². The summed E-state index contributed by atoms with van der Waals surface area (Å²) in [5.41, 5.74) is 1.55. The van der Waals surface area contributed by atoms with Crippen molar-refractivity contribution < 1.29 is 9.47 Å². The van der Waals surface area contributed by atoms with E-state index in [1.54, 1.807) is 7.11 Å². The second-order valence-corrected chi connectivity index (χ2v) is 5.47. The van der Waals surface area contributed by atoms with E-state index in [0.29, 0.717) is 0 Å². The molecule has 0 heterocycles. The van der Waals surface area contributed by atoms with Crippen LogP contribution in [-0.4, -0.2) is 12.9 Å². The molecule has 1 aromatic carbocycles. The van der Waals surface area contributed by atoms with Crippen molar-refractivity contribution >= 4 is 0 Å². The molecule has 0 N–H and O–H groups in total. The maximum atomic E-state index is 5.73. The zero-order valence-corrected chi connectivity index (χ0v) is 11.8. The van der Waals surface area contributed by atoms with E-state index >= 15 is 0 Å². The van der Waals surface area contributed by atoms with Crippen molar-refractivity contribution in [3.05, 3.63) is 29.8 Å². The summed E-state index contributed by atoms with van der Waals surface area (Å²) >= 11 is 0. The maximum Gasteiger partial charge on any atom is 0.204 e. The average Bonchev–Trinajstić information content (AvgIpc) is 2.29. The Morgan fingerprint density at radius 2 is 1.53 bits per heavy atom. The van der Waals surface area contributed by atoms with Gasteiger partial charge in [0.2, 0.25) is 5.79 Å². The van der Waals surface area contributed by atoms with Crippen LogP contribution in [-0.2, 0) is 10.2 Å². The van der Waals surface area contributed by atoms with Gasteiger partial charge in [-0.25, -0.2) is 0 Å². The van der Waals surface area contributed by atoms with E-state index in [9.17, 15) is 0 Å². The van der Waals surface area contributed by atoms with Gasteiger partial charge in [-0.05, 0) is 29.5 Å². The Balaban J connectivity index is 2.82. The van der Waals surface area contributed by atoms with Crippen LogP contribution in [0.2, 0.25) is 0 Å². The van der Waals surface area contributed by atoms with Gasteiger partial charge in [0, 0.05) is 21.0 Å². The van der Waals surface area contributed by atoms with Gasteiger partial charge in [-0.2, -0.15) is 0 Å². The molecule has 0 amide bonds. The molecule has 17 heavy (non-hydrogen) atoms. The number of benzene rings is 1. The highest BCUT2D eigenvalue weighted by Gasteiger charge is 2.20. The molecule has 0 saturated heterocycles. The molecule has 0 radical (unpaired) electrons. The first-order valence-corrected chi connectivity index (χ1v) is 6.15. The minimum atomic E-state index is -0.582. The molecule has 96 valence electrons. The predicted molar refractivity (Wildman–Crippen MR) is 71.5 cm³/mol. The van der Waals surface area contributed by atoms with Crippen LogP contribution in [0.25, 0.3) is 0 Å². The summed E-state index contributed by atoms with van der Waals surface area (Å²) < 4.78 is 11.0. The van der Waals surface area contributed by atoms with E-state index in [0.717, 1.165) is 12.2 Å². The molecule has 0 atom stereocenters. The van der Waals surface area contributed by atoms with Crippen molar-refractivity contribution in [2.45, 2.75) is 52.2 Å². The van der Waals surface area contributed by atoms with Crippen LogP contribution >= 0.6 is 0 Å². The van der Waals surface area contributed by atoms with Crippen molar-refractivity contribution in [3.63, 3.8) is 0 Å². The van der Waals surface area contributed by atoms with E-state index in [2.05, 4.69) is 32.9 Å². The standard InChI is InChI=1S/C15H24O2/c1-7-14(2,3)12-8-10-13(11-9-12)17-15(4,5)16-6/h8-11H,7H2,1-6H3. The molecule has 0 aliphatic carbocycles. The second kappa shape index (κ2) is 5.09. The summed E-state index contributed by atoms with van der Waals surface area (Å²) in [5, 5.41) is 0. The topological polar surface area (TPSA) is 18.5 Å².